The number of hydrogen-bond donors (Lipinski definition) is 0. The van der Waals surface area contributed by atoms with E-state index < -0.39 is 5.82 Å². The highest BCUT2D eigenvalue weighted by Crippen LogP contribution is 2.36. The number of rotatable bonds is 2. The monoisotopic (exact) mass is 376 g/mol. The standard InChI is InChI=1S/C18H14ClFN2O2S/c1-10-4-7-15(24-10)17-21-14(9-25-17)18(23)22-8-2-3-11-12(19)5-6-13(20)16(11)22/h4-7,9H,2-3,8H2,1H3. The number of aromatic nitrogens is 1. The van der Waals surface area contributed by atoms with Crippen molar-refractivity contribution in [2.24, 2.45) is 0 Å². The lowest BCUT2D eigenvalue weighted by Crippen LogP contribution is -2.36. The molecule has 3 heterocycles. The Morgan fingerprint density at radius 1 is 1.36 bits per heavy atom. The first-order valence-corrected chi connectivity index (χ1v) is 9.11. The highest BCUT2D eigenvalue weighted by molar-refractivity contribution is 7.13. The Bertz CT molecular complexity index is 966. The lowest BCUT2D eigenvalue weighted by atomic mass is 10.0. The van der Waals surface area contributed by atoms with Gasteiger partial charge < -0.3 is 9.32 Å². The topological polar surface area (TPSA) is 46.3 Å². The van der Waals surface area contributed by atoms with Crippen molar-refractivity contribution in [3.63, 3.8) is 0 Å². The molecule has 1 aromatic carbocycles. The molecule has 0 saturated heterocycles. The lowest BCUT2D eigenvalue weighted by Gasteiger charge is -2.29. The van der Waals surface area contributed by atoms with Gasteiger partial charge in [0, 0.05) is 16.9 Å². The smallest absolute Gasteiger partial charge is 0.277 e. The van der Waals surface area contributed by atoms with Crippen molar-refractivity contribution in [2.75, 3.05) is 11.4 Å². The number of anilines is 1. The summed E-state index contributed by atoms with van der Waals surface area (Å²) < 4.78 is 19.9. The van der Waals surface area contributed by atoms with Crippen LogP contribution >= 0.6 is 22.9 Å². The molecule has 0 spiro atoms. The minimum atomic E-state index is -0.440. The van der Waals surface area contributed by atoms with Gasteiger partial charge in [0.25, 0.3) is 5.91 Å². The van der Waals surface area contributed by atoms with E-state index in [1.807, 2.05) is 19.1 Å². The summed E-state index contributed by atoms with van der Waals surface area (Å²) in [5, 5.41) is 2.78. The molecule has 4 nitrogen and oxygen atoms in total. The van der Waals surface area contributed by atoms with Gasteiger partial charge in [-0.3, -0.25) is 4.79 Å². The van der Waals surface area contributed by atoms with Gasteiger partial charge in [0.15, 0.2) is 10.8 Å². The molecule has 128 valence electrons. The van der Waals surface area contributed by atoms with Crippen molar-refractivity contribution in [1.82, 2.24) is 4.98 Å². The third kappa shape index (κ3) is 2.85. The largest absolute Gasteiger partial charge is 0.459 e. The molecule has 4 rings (SSSR count). The van der Waals surface area contributed by atoms with Crippen LogP contribution < -0.4 is 4.90 Å². The zero-order chi connectivity index (χ0) is 17.6. The van der Waals surface area contributed by atoms with Gasteiger partial charge in [-0.1, -0.05) is 11.6 Å². The second kappa shape index (κ2) is 6.28. The molecule has 1 amide bonds. The van der Waals surface area contributed by atoms with E-state index in [-0.39, 0.29) is 17.3 Å². The predicted octanol–water partition coefficient (Wildman–Crippen LogP) is 5.10. The van der Waals surface area contributed by atoms with E-state index in [0.717, 1.165) is 12.2 Å². The minimum Gasteiger partial charge on any atom is -0.459 e. The van der Waals surface area contributed by atoms with Crippen LogP contribution in [0.1, 0.15) is 28.2 Å². The molecule has 0 bridgehead atoms. The second-order valence-corrected chi connectivity index (χ2v) is 7.13. The first-order valence-electron chi connectivity index (χ1n) is 7.85. The van der Waals surface area contributed by atoms with Gasteiger partial charge in [-0.2, -0.15) is 0 Å². The Morgan fingerprint density at radius 2 is 2.20 bits per heavy atom. The Balaban J connectivity index is 1.69. The van der Waals surface area contributed by atoms with Gasteiger partial charge in [0.2, 0.25) is 0 Å². The predicted molar refractivity (Wildman–Crippen MR) is 96.0 cm³/mol. The summed E-state index contributed by atoms with van der Waals surface area (Å²) >= 11 is 7.51. The summed E-state index contributed by atoms with van der Waals surface area (Å²) in [6, 6.07) is 6.49. The molecule has 0 atom stereocenters. The van der Waals surface area contributed by atoms with E-state index in [9.17, 15) is 9.18 Å². The number of hydrogen-bond acceptors (Lipinski definition) is 4. The van der Waals surface area contributed by atoms with Crippen LogP contribution in [0.4, 0.5) is 10.1 Å². The first kappa shape index (κ1) is 16.3. The Labute approximate surface area is 152 Å². The molecule has 0 radical (unpaired) electrons. The highest BCUT2D eigenvalue weighted by atomic mass is 35.5. The maximum atomic E-state index is 14.4. The quantitative estimate of drug-likeness (QED) is 0.625. The zero-order valence-corrected chi connectivity index (χ0v) is 15.0. The normalized spacial score (nSPS) is 13.8. The highest BCUT2D eigenvalue weighted by Gasteiger charge is 2.29. The van der Waals surface area contributed by atoms with Crippen molar-refractivity contribution in [1.29, 1.82) is 0 Å². The molecule has 3 aromatic rings. The molecule has 0 aliphatic carbocycles. The summed E-state index contributed by atoms with van der Waals surface area (Å²) in [7, 11) is 0. The first-order chi connectivity index (χ1) is 12.0. The number of amides is 1. The number of furan rings is 1. The molecule has 0 N–H and O–H groups in total. The number of carbonyl (C=O) groups is 1. The molecule has 0 unspecified atom stereocenters. The fourth-order valence-electron chi connectivity index (χ4n) is 3.01. The van der Waals surface area contributed by atoms with Crippen molar-refractivity contribution in [2.45, 2.75) is 19.8 Å². The van der Waals surface area contributed by atoms with Crippen LogP contribution in [0, 0.1) is 12.7 Å². The lowest BCUT2D eigenvalue weighted by molar-refractivity contribution is 0.0980. The number of fused-ring (bicyclic) bond motifs is 1. The van der Waals surface area contributed by atoms with Gasteiger partial charge in [0.1, 0.15) is 17.3 Å². The molecule has 7 heteroatoms. The van der Waals surface area contributed by atoms with Gasteiger partial charge >= 0.3 is 0 Å². The Kier molecular flexibility index (Phi) is 4.09. The SMILES string of the molecule is Cc1ccc(-c2nc(C(=O)N3CCCc4c(Cl)ccc(F)c43)cs2)o1. The third-order valence-electron chi connectivity index (χ3n) is 4.17. The van der Waals surface area contributed by atoms with E-state index in [1.165, 1.54) is 28.4 Å². The minimum absolute atomic E-state index is 0.271. The van der Waals surface area contributed by atoms with Gasteiger partial charge in [0.05, 0.1) is 5.69 Å². The summed E-state index contributed by atoms with van der Waals surface area (Å²) in [6.07, 6.45) is 1.39. The van der Waals surface area contributed by atoms with Gasteiger partial charge in [-0.05, 0) is 49.6 Å². The number of halogens is 2. The fraction of sp³-hybridized carbons (Fsp3) is 0.222. The van der Waals surface area contributed by atoms with Gasteiger partial charge in [-0.15, -0.1) is 11.3 Å². The maximum Gasteiger partial charge on any atom is 0.277 e. The van der Waals surface area contributed by atoms with Crippen molar-refractivity contribution < 1.29 is 13.6 Å². The molecule has 1 aliphatic heterocycles. The molecule has 25 heavy (non-hydrogen) atoms. The van der Waals surface area contributed by atoms with Crippen LogP contribution in [0.5, 0.6) is 0 Å². The molecule has 2 aromatic heterocycles. The number of aryl methyl sites for hydroxylation is 1. The Hall–Kier alpha value is -2.18. The van der Waals surface area contributed by atoms with Crippen LogP contribution in [0.2, 0.25) is 5.02 Å². The molecule has 1 aliphatic rings. The molecule has 0 fully saturated rings. The molecular weight excluding hydrogens is 363 g/mol. The van der Waals surface area contributed by atoms with E-state index in [2.05, 4.69) is 4.98 Å². The average Bonchev–Trinajstić information content (AvgIpc) is 3.26. The van der Waals surface area contributed by atoms with Gasteiger partial charge in [-0.25, -0.2) is 9.37 Å². The summed E-state index contributed by atoms with van der Waals surface area (Å²) in [5.74, 6) is 0.632. The summed E-state index contributed by atoms with van der Waals surface area (Å²) in [5.41, 5.74) is 1.23. The van der Waals surface area contributed by atoms with Crippen LogP contribution in [-0.2, 0) is 6.42 Å². The third-order valence-corrected chi connectivity index (χ3v) is 5.39. The van der Waals surface area contributed by atoms with Crippen LogP contribution in [0.3, 0.4) is 0 Å². The number of nitrogens with zero attached hydrogens (tertiary/aromatic N) is 2. The molecular formula is C18H14ClFN2O2S. The maximum absolute atomic E-state index is 14.4. The average molecular weight is 377 g/mol. The van der Waals surface area contributed by atoms with E-state index >= 15 is 0 Å². The molecule has 0 saturated carbocycles. The van der Waals surface area contributed by atoms with E-state index in [1.54, 1.807) is 5.38 Å². The second-order valence-electron chi connectivity index (χ2n) is 5.86. The van der Waals surface area contributed by atoms with Crippen molar-refractivity contribution >= 4 is 34.5 Å². The Morgan fingerprint density at radius 3 is 2.96 bits per heavy atom. The van der Waals surface area contributed by atoms with Crippen LogP contribution in [0.15, 0.2) is 34.1 Å². The number of benzene rings is 1. The number of carbonyl (C=O) groups excluding carboxylic acids is 1. The van der Waals surface area contributed by atoms with Crippen LogP contribution in [-0.4, -0.2) is 17.4 Å². The number of thiazole rings is 1. The van der Waals surface area contributed by atoms with Crippen LogP contribution in [0.25, 0.3) is 10.8 Å². The van der Waals surface area contributed by atoms with Crippen molar-refractivity contribution in [3.8, 4) is 10.8 Å². The summed E-state index contributed by atoms with van der Waals surface area (Å²) in [6.45, 7) is 2.29. The summed E-state index contributed by atoms with van der Waals surface area (Å²) in [4.78, 5) is 18.7. The zero-order valence-electron chi connectivity index (χ0n) is 13.4. The van der Waals surface area contributed by atoms with E-state index in [4.69, 9.17) is 16.0 Å². The van der Waals surface area contributed by atoms with Crippen molar-refractivity contribution in [3.05, 3.63) is 57.5 Å². The fourth-order valence-corrected chi connectivity index (χ4v) is 4.02. The van der Waals surface area contributed by atoms with E-state index in [0.29, 0.717) is 34.3 Å².